The first-order valence-corrected chi connectivity index (χ1v) is 14.3. The van der Waals surface area contributed by atoms with E-state index in [2.05, 4.69) is 52.7 Å². The predicted molar refractivity (Wildman–Crippen MR) is 156 cm³/mol. The molecule has 0 aromatic heterocycles. The number of fused-ring (bicyclic) bond motifs is 1. The Labute approximate surface area is 236 Å². The van der Waals surface area contributed by atoms with Crippen molar-refractivity contribution in [3.05, 3.63) is 71.8 Å². The monoisotopic (exact) mass is 539 g/mol. The van der Waals surface area contributed by atoms with Crippen LogP contribution in [0.4, 0.5) is 5.69 Å². The highest BCUT2D eigenvalue weighted by Gasteiger charge is 2.35. The Balaban J connectivity index is 1.13. The lowest BCUT2D eigenvalue weighted by Gasteiger charge is -2.41. The quantitative estimate of drug-likeness (QED) is 0.436. The minimum absolute atomic E-state index is 0.0770. The van der Waals surface area contributed by atoms with Crippen LogP contribution in [0.15, 0.2) is 60.7 Å². The van der Waals surface area contributed by atoms with Crippen LogP contribution in [-0.2, 0) is 10.2 Å². The van der Waals surface area contributed by atoms with Gasteiger partial charge in [-0.3, -0.25) is 0 Å². The zero-order valence-corrected chi connectivity index (χ0v) is 23.2. The second-order valence-electron chi connectivity index (χ2n) is 10.9. The fourth-order valence-electron chi connectivity index (χ4n) is 6.31. The van der Waals surface area contributed by atoms with Crippen molar-refractivity contribution in [3.8, 4) is 34.4 Å². The lowest BCUT2D eigenvalue weighted by atomic mass is 9.74. The summed E-state index contributed by atoms with van der Waals surface area (Å²) in [6.07, 6.45) is 4.11. The number of hydrogen-bond acceptors (Lipinski definition) is 7. The fourth-order valence-corrected chi connectivity index (χ4v) is 6.31. The molecule has 0 atom stereocenters. The molecule has 40 heavy (non-hydrogen) atoms. The number of nitriles is 1. The molecule has 2 fully saturated rings. The molecule has 0 bridgehead atoms. The van der Waals surface area contributed by atoms with Gasteiger partial charge in [0.2, 0.25) is 0 Å². The summed E-state index contributed by atoms with van der Waals surface area (Å²) in [5.74, 6) is 2.39. The number of nitrogens with one attached hydrogen (secondary N) is 1. The summed E-state index contributed by atoms with van der Waals surface area (Å²) in [5, 5.41) is 14.1. The molecule has 0 radical (unpaired) electrons. The number of rotatable bonds is 7. The second kappa shape index (κ2) is 11.8. The maximum absolute atomic E-state index is 10.2. The average Bonchev–Trinajstić information content (AvgIpc) is 3.04. The highest BCUT2D eigenvalue weighted by Crippen LogP contribution is 2.39. The molecule has 7 heteroatoms. The molecule has 3 aliphatic heterocycles. The van der Waals surface area contributed by atoms with Crippen molar-refractivity contribution in [1.29, 1.82) is 5.26 Å². The summed E-state index contributed by atoms with van der Waals surface area (Å²) < 4.78 is 22.6. The minimum atomic E-state index is 0.0770. The van der Waals surface area contributed by atoms with Gasteiger partial charge in [0.1, 0.15) is 25.0 Å². The van der Waals surface area contributed by atoms with Crippen molar-refractivity contribution in [3.63, 3.8) is 0 Å². The topological polar surface area (TPSA) is 76.0 Å². The van der Waals surface area contributed by atoms with Gasteiger partial charge in [0.15, 0.2) is 11.5 Å². The Bertz CT molecular complexity index is 1350. The number of hydrogen-bond donors (Lipinski definition) is 1. The molecule has 3 aromatic carbocycles. The maximum atomic E-state index is 10.2. The smallest absolute Gasteiger partial charge is 0.161 e. The van der Waals surface area contributed by atoms with Crippen molar-refractivity contribution in [2.45, 2.75) is 37.1 Å². The molecule has 7 nitrogen and oxygen atoms in total. The number of methoxy groups -OCH3 is 1. The normalized spacial score (nSPS) is 18.6. The van der Waals surface area contributed by atoms with Gasteiger partial charge in [-0.2, -0.15) is 5.26 Å². The van der Waals surface area contributed by atoms with Crippen LogP contribution < -0.4 is 24.4 Å². The van der Waals surface area contributed by atoms with E-state index in [-0.39, 0.29) is 5.41 Å². The molecule has 3 heterocycles. The molecule has 3 aliphatic rings. The first-order chi connectivity index (χ1) is 19.7. The molecule has 0 amide bonds. The van der Waals surface area contributed by atoms with E-state index in [1.807, 2.05) is 24.3 Å². The van der Waals surface area contributed by atoms with E-state index in [9.17, 15) is 5.26 Å². The van der Waals surface area contributed by atoms with Crippen LogP contribution in [0.1, 0.15) is 36.8 Å². The van der Waals surface area contributed by atoms with Crippen molar-refractivity contribution < 1.29 is 18.9 Å². The Hall–Kier alpha value is -3.73. The molecule has 2 saturated heterocycles. The molecule has 0 unspecified atom stereocenters. The van der Waals surface area contributed by atoms with E-state index in [4.69, 9.17) is 18.9 Å². The van der Waals surface area contributed by atoms with E-state index < -0.39 is 0 Å². The highest BCUT2D eigenvalue weighted by molar-refractivity contribution is 5.79. The number of benzene rings is 3. The van der Waals surface area contributed by atoms with E-state index in [1.165, 1.54) is 5.56 Å². The van der Waals surface area contributed by atoms with Gasteiger partial charge in [-0.1, -0.05) is 30.3 Å². The van der Waals surface area contributed by atoms with Crippen molar-refractivity contribution in [2.24, 2.45) is 0 Å². The van der Waals surface area contributed by atoms with Crippen molar-refractivity contribution in [1.82, 2.24) is 5.32 Å². The Morgan fingerprint density at radius 2 is 1.70 bits per heavy atom. The second-order valence-corrected chi connectivity index (χ2v) is 10.9. The molecular formula is C33H37N3O4. The number of anilines is 1. The van der Waals surface area contributed by atoms with Crippen LogP contribution in [-0.4, -0.2) is 59.2 Å². The van der Waals surface area contributed by atoms with Gasteiger partial charge < -0.3 is 29.2 Å². The van der Waals surface area contributed by atoms with Gasteiger partial charge in [0.25, 0.3) is 0 Å². The number of nitrogens with zero attached hydrogens (tertiary/aromatic N) is 2. The summed E-state index contributed by atoms with van der Waals surface area (Å²) in [4.78, 5) is 2.37. The first kappa shape index (κ1) is 26.5. The van der Waals surface area contributed by atoms with Crippen molar-refractivity contribution >= 4 is 5.69 Å². The van der Waals surface area contributed by atoms with Crippen LogP contribution in [0.2, 0.25) is 0 Å². The summed E-state index contributed by atoms with van der Waals surface area (Å²) in [7, 11) is 1.71. The zero-order chi connectivity index (χ0) is 27.4. The number of ether oxygens (including phenoxy) is 4. The Morgan fingerprint density at radius 3 is 2.42 bits per heavy atom. The fraction of sp³-hybridized carbons (Fsp3) is 0.424. The Kier molecular flexibility index (Phi) is 7.81. The average molecular weight is 540 g/mol. The van der Waals surface area contributed by atoms with Gasteiger partial charge in [-0.25, -0.2) is 0 Å². The van der Waals surface area contributed by atoms with Gasteiger partial charge in [-0.15, -0.1) is 0 Å². The van der Waals surface area contributed by atoms with E-state index in [0.717, 1.165) is 92.6 Å². The number of piperidine rings is 1. The Morgan fingerprint density at radius 1 is 0.950 bits per heavy atom. The van der Waals surface area contributed by atoms with E-state index >= 15 is 0 Å². The lowest BCUT2D eigenvalue weighted by molar-refractivity contribution is 0.0485. The molecule has 6 rings (SSSR count). The molecule has 3 aromatic rings. The van der Waals surface area contributed by atoms with E-state index in [0.29, 0.717) is 24.8 Å². The van der Waals surface area contributed by atoms with Crippen LogP contribution >= 0.6 is 0 Å². The highest BCUT2D eigenvalue weighted by atomic mass is 16.6. The van der Waals surface area contributed by atoms with Crippen molar-refractivity contribution in [2.75, 3.05) is 58.1 Å². The predicted octanol–water partition coefficient (Wildman–Crippen LogP) is 5.31. The van der Waals surface area contributed by atoms with Gasteiger partial charge in [0, 0.05) is 49.9 Å². The molecule has 0 saturated carbocycles. The standard InChI is InChI=1S/C33H37N3O4/c1-37-27-8-6-25(7-9-27)33(13-17-38-18-14-33)23-35-26-11-15-36(16-12-26)30-4-2-3-28(29(30)22-34)24-5-10-31-32(21-24)40-20-19-39-31/h2-10,21,26,35H,11-20,23H2,1H3. The van der Waals surface area contributed by atoms with E-state index in [1.54, 1.807) is 7.11 Å². The molecule has 0 aliphatic carbocycles. The largest absolute Gasteiger partial charge is 0.497 e. The third-order valence-electron chi connectivity index (χ3n) is 8.72. The van der Waals surface area contributed by atoms with Gasteiger partial charge >= 0.3 is 0 Å². The lowest BCUT2D eigenvalue weighted by Crippen LogP contribution is -2.49. The summed E-state index contributed by atoms with van der Waals surface area (Å²) >= 11 is 0. The third-order valence-corrected chi connectivity index (χ3v) is 8.72. The van der Waals surface area contributed by atoms with Gasteiger partial charge in [0.05, 0.1) is 18.4 Å². The van der Waals surface area contributed by atoms with Crippen LogP contribution in [0.3, 0.4) is 0 Å². The van der Waals surface area contributed by atoms with Crippen LogP contribution in [0, 0.1) is 11.3 Å². The molecular weight excluding hydrogens is 502 g/mol. The maximum Gasteiger partial charge on any atom is 0.161 e. The van der Waals surface area contributed by atoms with Gasteiger partial charge in [-0.05, 0) is 67.1 Å². The molecule has 1 N–H and O–H groups in total. The molecule has 0 spiro atoms. The zero-order valence-electron chi connectivity index (χ0n) is 23.2. The summed E-state index contributed by atoms with van der Waals surface area (Å²) in [5.41, 5.74) is 5.06. The summed E-state index contributed by atoms with van der Waals surface area (Å²) in [6, 6.07) is 23.6. The SMILES string of the molecule is COc1ccc(C2(CNC3CCN(c4cccc(-c5ccc6c(c5)OCCO6)c4C#N)CC3)CCOCC2)cc1. The van der Waals surface area contributed by atoms with Crippen LogP contribution in [0.25, 0.3) is 11.1 Å². The van der Waals surface area contributed by atoms with Crippen LogP contribution in [0.5, 0.6) is 17.2 Å². The molecule has 208 valence electrons. The minimum Gasteiger partial charge on any atom is -0.497 e. The first-order valence-electron chi connectivity index (χ1n) is 14.3. The summed E-state index contributed by atoms with van der Waals surface area (Å²) in [6.45, 7) is 5.46. The third kappa shape index (κ3) is 5.34.